The van der Waals surface area contributed by atoms with Crippen LogP contribution in [0.4, 0.5) is 5.69 Å². The molecule has 0 bridgehead atoms. The highest BCUT2D eigenvalue weighted by molar-refractivity contribution is 5.84. The van der Waals surface area contributed by atoms with E-state index < -0.39 is 11.5 Å². The fourth-order valence-corrected chi connectivity index (χ4v) is 3.05. The summed E-state index contributed by atoms with van der Waals surface area (Å²) in [4.78, 5) is 14.2. The number of hydrogen-bond donors (Lipinski definition) is 2. The maximum atomic E-state index is 12.2. The summed E-state index contributed by atoms with van der Waals surface area (Å²) in [5.74, 6) is -0.652. The summed E-state index contributed by atoms with van der Waals surface area (Å²) in [6, 6.07) is 16.4. The molecule has 0 saturated heterocycles. The van der Waals surface area contributed by atoms with Crippen LogP contribution in [0.3, 0.4) is 0 Å². The lowest BCUT2D eigenvalue weighted by Gasteiger charge is -2.41. The summed E-state index contributed by atoms with van der Waals surface area (Å²) in [5.41, 5.74) is 0.770. The molecule has 4 heteroatoms. The van der Waals surface area contributed by atoms with Crippen molar-refractivity contribution in [3.8, 4) is 5.75 Å². The molecule has 2 rings (SSSR count). The highest BCUT2D eigenvalue weighted by Crippen LogP contribution is 2.31. The molecule has 0 spiro atoms. The summed E-state index contributed by atoms with van der Waals surface area (Å²) in [5, 5.41) is 19.4. The van der Waals surface area contributed by atoms with Gasteiger partial charge in [0, 0.05) is 18.7 Å². The Morgan fingerprint density at radius 2 is 1.65 bits per heavy atom. The molecule has 0 fully saturated rings. The van der Waals surface area contributed by atoms with Crippen LogP contribution >= 0.6 is 0 Å². The van der Waals surface area contributed by atoms with Gasteiger partial charge in [0.1, 0.15) is 11.3 Å². The van der Waals surface area contributed by atoms with Crippen LogP contribution in [0, 0.1) is 0 Å². The second-order valence-electron chi connectivity index (χ2n) is 5.61. The number of hydrogen-bond acceptors (Lipinski definition) is 3. The first-order valence-corrected chi connectivity index (χ1v) is 7.87. The number of carboxylic acids is 1. The van der Waals surface area contributed by atoms with Gasteiger partial charge in [0.05, 0.1) is 0 Å². The van der Waals surface area contributed by atoms with Crippen LogP contribution in [0.15, 0.2) is 54.6 Å². The van der Waals surface area contributed by atoms with E-state index in [1.807, 2.05) is 49.1 Å². The average Bonchev–Trinajstić information content (AvgIpc) is 2.57. The molecule has 122 valence electrons. The minimum Gasteiger partial charge on any atom is -0.508 e. The van der Waals surface area contributed by atoms with Gasteiger partial charge in [-0.3, -0.25) is 0 Å². The van der Waals surface area contributed by atoms with Gasteiger partial charge in [-0.1, -0.05) is 37.3 Å². The quantitative estimate of drug-likeness (QED) is 0.818. The number of rotatable bonds is 7. The Balaban J connectivity index is 2.45. The first-order valence-electron chi connectivity index (χ1n) is 7.87. The van der Waals surface area contributed by atoms with Crippen molar-refractivity contribution in [3.05, 3.63) is 60.2 Å². The Morgan fingerprint density at radius 1 is 1.04 bits per heavy atom. The fraction of sp³-hybridized carbons (Fsp3) is 0.316. The Kier molecular flexibility index (Phi) is 5.27. The number of phenols is 1. The van der Waals surface area contributed by atoms with E-state index in [9.17, 15) is 15.0 Å². The number of likely N-dealkylation sites (N-methyl/N-ethyl adjacent to an activating group) is 1. The van der Waals surface area contributed by atoms with Crippen molar-refractivity contribution in [2.45, 2.75) is 32.2 Å². The Hall–Kier alpha value is -2.49. The molecule has 2 aromatic rings. The molecule has 0 aliphatic heterocycles. The molecule has 0 aliphatic carbocycles. The monoisotopic (exact) mass is 313 g/mol. The molecule has 0 saturated carbocycles. The predicted octanol–water partition coefficient (Wildman–Crippen LogP) is 3.69. The Labute approximate surface area is 137 Å². The third-order valence-corrected chi connectivity index (χ3v) is 4.32. The topological polar surface area (TPSA) is 60.8 Å². The van der Waals surface area contributed by atoms with Gasteiger partial charge in [0.15, 0.2) is 0 Å². The number of nitrogens with zero attached hydrogens (tertiary/aromatic N) is 1. The number of anilines is 1. The molecular weight excluding hydrogens is 290 g/mol. The standard InChI is InChI=1S/C19H23NO3/c1-3-19(18(22)23,14-15-10-12-17(21)13-11-15)20(4-2)16-8-6-5-7-9-16/h5-13,21H,3-4,14H2,1-2H3,(H,22,23). The van der Waals surface area contributed by atoms with Gasteiger partial charge in [-0.05, 0) is 43.2 Å². The van der Waals surface area contributed by atoms with Crippen LogP contribution in [0.2, 0.25) is 0 Å². The number of carbonyl (C=O) groups is 1. The summed E-state index contributed by atoms with van der Waals surface area (Å²) < 4.78 is 0. The van der Waals surface area contributed by atoms with Crippen LogP contribution in [-0.2, 0) is 11.2 Å². The molecule has 2 aromatic carbocycles. The smallest absolute Gasteiger partial charge is 0.329 e. The van der Waals surface area contributed by atoms with Crippen molar-refractivity contribution < 1.29 is 15.0 Å². The van der Waals surface area contributed by atoms with Crippen molar-refractivity contribution in [1.82, 2.24) is 0 Å². The molecule has 0 aliphatic rings. The van der Waals surface area contributed by atoms with E-state index in [0.717, 1.165) is 11.3 Å². The predicted molar refractivity (Wildman–Crippen MR) is 91.9 cm³/mol. The average molecular weight is 313 g/mol. The van der Waals surface area contributed by atoms with Crippen molar-refractivity contribution in [3.63, 3.8) is 0 Å². The Bertz CT molecular complexity index is 639. The number of phenolic OH excluding ortho intramolecular Hbond substituents is 1. The number of aliphatic carboxylic acids is 1. The largest absolute Gasteiger partial charge is 0.508 e. The summed E-state index contributed by atoms with van der Waals surface area (Å²) in [6.45, 7) is 4.47. The van der Waals surface area contributed by atoms with Crippen LogP contribution in [0.5, 0.6) is 5.75 Å². The van der Waals surface area contributed by atoms with Crippen LogP contribution < -0.4 is 4.90 Å². The van der Waals surface area contributed by atoms with Crippen molar-refractivity contribution in [2.24, 2.45) is 0 Å². The molecule has 4 nitrogen and oxygen atoms in total. The minimum atomic E-state index is -1.02. The number of aromatic hydroxyl groups is 1. The molecule has 2 N–H and O–H groups in total. The normalized spacial score (nSPS) is 13.3. The third kappa shape index (κ3) is 3.47. The third-order valence-electron chi connectivity index (χ3n) is 4.32. The number of benzene rings is 2. The maximum absolute atomic E-state index is 12.2. The van der Waals surface area contributed by atoms with Crippen LogP contribution in [-0.4, -0.2) is 28.3 Å². The molecule has 0 radical (unpaired) electrons. The van der Waals surface area contributed by atoms with Gasteiger partial charge in [-0.25, -0.2) is 4.79 Å². The van der Waals surface area contributed by atoms with Gasteiger partial charge in [-0.15, -0.1) is 0 Å². The lowest BCUT2D eigenvalue weighted by Crippen LogP contribution is -2.56. The van der Waals surface area contributed by atoms with Gasteiger partial charge in [-0.2, -0.15) is 0 Å². The second-order valence-corrected chi connectivity index (χ2v) is 5.61. The van der Waals surface area contributed by atoms with Crippen molar-refractivity contribution >= 4 is 11.7 Å². The van der Waals surface area contributed by atoms with Gasteiger partial charge < -0.3 is 15.1 Å². The first kappa shape index (κ1) is 16.9. The van der Waals surface area contributed by atoms with Crippen LogP contribution in [0.1, 0.15) is 25.8 Å². The van der Waals surface area contributed by atoms with Crippen molar-refractivity contribution in [1.29, 1.82) is 0 Å². The zero-order chi connectivity index (χ0) is 16.9. The van der Waals surface area contributed by atoms with E-state index >= 15 is 0 Å². The SMILES string of the molecule is CCN(c1ccccc1)C(CC)(Cc1ccc(O)cc1)C(=O)O. The Morgan fingerprint density at radius 3 is 2.13 bits per heavy atom. The zero-order valence-corrected chi connectivity index (χ0v) is 13.6. The van der Waals surface area contributed by atoms with Crippen LogP contribution in [0.25, 0.3) is 0 Å². The zero-order valence-electron chi connectivity index (χ0n) is 13.6. The fourth-order valence-electron chi connectivity index (χ4n) is 3.05. The lowest BCUT2D eigenvalue weighted by atomic mass is 9.85. The van der Waals surface area contributed by atoms with E-state index in [1.165, 1.54) is 0 Å². The highest BCUT2D eigenvalue weighted by Gasteiger charge is 2.42. The maximum Gasteiger partial charge on any atom is 0.329 e. The van der Waals surface area contributed by atoms with Crippen molar-refractivity contribution in [2.75, 3.05) is 11.4 Å². The molecule has 1 atom stereocenters. The van der Waals surface area contributed by atoms with Gasteiger partial charge in [0.25, 0.3) is 0 Å². The number of para-hydroxylation sites is 1. The molecular formula is C19H23NO3. The summed E-state index contributed by atoms with van der Waals surface area (Å²) in [6.07, 6.45) is 0.855. The van der Waals surface area contributed by atoms with E-state index in [2.05, 4.69) is 0 Å². The molecule has 1 unspecified atom stereocenters. The van der Waals surface area contributed by atoms with E-state index in [-0.39, 0.29) is 5.75 Å². The summed E-state index contributed by atoms with van der Waals surface area (Å²) >= 11 is 0. The molecule has 0 aromatic heterocycles. The molecule has 0 heterocycles. The lowest BCUT2D eigenvalue weighted by molar-refractivity contribution is -0.143. The second kappa shape index (κ2) is 7.18. The van der Waals surface area contributed by atoms with Gasteiger partial charge >= 0.3 is 5.97 Å². The van der Waals surface area contributed by atoms with E-state index in [1.54, 1.807) is 24.3 Å². The van der Waals surface area contributed by atoms with E-state index in [0.29, 0.717) is 19.4 Å². The van der Waals surface area contributed by atoms with Gasteiger partial charge in [0.2, 0.25) is 0 Å². The molecule has 0 amide bonds. The van der Waals surface area contributed by atoms with E-state index in [4.69, 9.17) is 0 Å². The highest BCUT2D eigenvalue weighted by atomic mass is 16.4. The summed E-state index contributed by atoms with van der Waals surface area (Å²) in [7, 11) is 0. The minimum absolute atomic E-state index is 0.182. The first-order chi connectivity index (χ1) is 11.0. The molecule has 23 heavy (non-hydrogen) atoms. The number of carboxylic acid groups (broad SMARTS) is 1.